The van der Waals surface area contributed by atoms with Crippen LogP contribution < -0.4 is 11.1 Å². The molecule has 0 fully saturated rings. The molecular formula is C8H10N2O4. The van der Waals surface area contributed by atoms with Gasteiger partial charge in [-0.2, -0.15) is 0 Å². The SMILES string of the molecule is NC(C(=O)O)C(=O)NCc1ccco1. The van der Waals surface area contributed by atoms with Crippen LogP contribution in [0.15, 0.2) is 22.8 Å². The zero-order valence-electron chi connectivity index (χ0n) is 7.27. The highest BCUT2D eigenvalue weighted by atomic mass is 16.4. The van der Waals surface area contributed by atoms with E-state index in [1.54, 1.807) is 12.1 Å². The van der Waals surface area contributed by atoms with E-state index >= 15 is 0 Å². The van der Waals surface area contributed by atoms with Gasteiger partial charge in [0.1, 0.15) is 5.76 Å². The van der Waals surface area contributed by atoms with Gasteiger partial charge in [-0.05, 0) is 12.1 Å². The molecule has 0 aliphatic heterocycles. The summed E-state index contributed by atoms with van der Waals surface area (Å²) in [5.41, 5.74) is 5.06. The molecular weight excluding hydrogens is 188 g/mol. The molecule has 0 saturated heterocycles. The number of aliphatic carboxylic acids is 1. The molecule has 0 saturated carbocycles. The average Bonchev–Trinajstić information content (AvgIpc) is 2.65. The van der Waals surface area contributed by atoms with E-state index in [9.17, 15) is 9.59 Å². The third kappa shape index (κ3) is 2.60. The lowest BCUT2D eigenvalue weighted by atomic mass is 10.3. The second-order valence-electron chi connectivity index (χ2n) is 2.61. The molecule has 76 valence electrons. The van der Waals surface area contributed by atoms with Gasteiger partial charge in [-0.25, -0.2) is 4.79 Å². The minimum absolute atomic E-state index is 0.132. The van der Waals surface area contributed by atoms with Crippen LogP contribution in [-0.2, 0) is 16.1 Å². The predicted octanol–water partition coefficient (Wildman–Crippen LogP) is -0.692. The number of carbonyl (C=O) groups excluding carboxylic acids is 1. The van der Waals surface area contributed by atoms with Crippen LogP contribution in [0.4, 0.5) is 0 Å². The number of carbonyl (C=O) groups is 2. The average molecular weight is 198 g/mol. The fourth-order valence-electron chi connectivity index (χ4n) is 0.809. The molecule has 0 bridgehead atoms. The van der Waals surface area contributed by atoms with Crippen molar-refractivity contribution in [2.75, 3.05) is 0 Å². The molecule has 1 amide bonds. The highest BCUT2D eigenvalue weighted by Crippen LogP contribution is 1.98. The maximum atomic E-state index is 11.0. The quantitative estimate of drug-likeness (QED) is 0.555. The van der Waals surface area contributed by atoms with Gasteiger partial charge >= 0.3 is 5.97 Å². The lowest BCUT2D eigenvalue weighted by molar-refractivity contribution is -0.142. The van der Waals surface area contributed by atoms with E-state index in [1.807, 2.05) is 0 Å². The van der Waals surface area contributed by atoms with Gasteiger partial charge in [0.2, 0.25) is 5.91 Å². The van der Waals surface area contributed by atoms with Gasteiger partial charge in [-0.3, -0.25) is 4.79 Å². The molecule has 1 aromatic rings. The maximum Gasteiger partial charge on any atom is 0.330 e. The molecule has 1 unspecified atom stereocenters. The topological polar surface area (TPSA) is 106 Å². The normalized spacial score (nSPS) is 12.1. The number of furan rings is 1. The third-order valence-corrected chi connectivity index (χ3v) is 1.57. The molecule has 1 rings (SSSR count). The van der Waals surface area contributed by atoms with E-state index in [0.717, 1.165) is 0 Å². The Morgan fingerprint density at radius 2 is 2.36 bits per heavy atom. The Kier molecular flexibility index (Phi) is 3.24. The first-order chi connectivity index (χ1) is 6.61. The number of carboxylic acids is 1. The Balaban J connectivity index is 2.39. The van der Waals surface area contributed by atoms with Crippen molar-refractivity contribution < 1.29 is 19.1 Å². The van der Waals surface area contributed by atoms with Crippen molar-refractivity contribution in [1.82, 2.24) is 5.32 Å². The number of carboxylic acid groups (broad SMARTS) is 1. The number of rotatable bonds is 4. The maximum absolute atomic E-state index is 11.0. The summed E-state index contributed by atoms with van der Waals surface area (Å²) >= 11 is 0. The van der Waals surface area contributed by atoms with Crippen molar-refractivity contribution in [2.45, 2.75) is 12.6 Å². The molecule has 0 aliphatic carbocycles. The lowest BCUT2D eigenvalue weighted by Crippen LogP contribution is -2.45. The van der Waals surface area contributed by atoms with Crippen molar-refractivity contribution in [3.63, 3.8) is 0 Å². The van der Waals surface area contributed by atoms with E-state index in [2.05, 4.69) is 5.32 Å². The van der Waals surface area contributed by atoms with Gasteiger partial charge in [0, 0.05) is 0 Å². The van der Waals surface area contributed by atoms with Crippen LogP contribution in [0.5, 0.6) is 0 Å². The van der Waals surface area contributed by atoms with Gasteiger partial charge in [0.05, 0.1) is 12.8 Å². The van der Waals surface area contributed by atoms with Crippen molar-refractivity contribution >= 4 is 11.9 Å². The number of hydrogen-bond acceptors (Lipinski definition) is 4. The summed E-state index contributed by atoms with van der Waals surface area (Å²) in [6.07, 6.45) is 1.46. The Morgan fingerprint density at radius 3 is 2.86 bits per heavy atom. The van der Waals surface area contributed by atoms with Crippen molar-refractivity contribution in [3.05, 3.63) is 24.2 Å². The summed E-state index contributed by atoms with van der Waals surface area (Å²) in [5.74, 6) is -1.56. The summed E-state index contributed by atoms with van der Waals surface area (Å²) in [7, 11) is 0. The zero-order chi connectivity index (χ0) is 10.6. The van der Waals surface area contributed by atoms with E-state index in [4.69, 9.17) is 15.3 Å². The summed E-state index contributed by atoms with van der Waals surface area (Å²) in [4.78, 5) is 21.3. The summed E-state index contributed by atoms with van der Waals surface area (Å²) in [6, 6.07) is 1.79. The Bertz CT molecular complexity index is 320. The number of nitrogens with two attached hydrogens (primary N) is 1. The molecule has 0 spiro atoms. The van der Waals surface area contributed by atoms with Crippen LogP contribution in [0.2, 0.25) is 0 Å². The molecule has 0 radical (unpaired) electrons. The molecule has 1 atom stereocenters. The predicted molar refractivity (Wildman–Crippen MR) is 46.2 cm³/mol. The van der Waals surface area contributed by atoms with Crippen LogP contribution in [0.25, 0.3) is 0 Å². The largest absolute Gasteiger partial charge is 0.480 e. The molecule has 0 aromatic carbocycles. The van der Waals surface area contributed by atoms with Crippen LogP contribution >= 0.6 is 0 Å². The molecule has 1 aromatic heterocycles. The van der Waals surface area contributed by atoms with Crippen LogP contribution in [0.1, 0.15) is 5.76 Å². The summed E-state index contributed by atoms with van der Waals surface area (Å²) in [6.45, 7) is 0.132. The second kappa shape index (κ2) is 4.43. The van der Waals surface area contributed by atoms with Crippen molar-refractivity contribution in [3.8, 4) is 0 Å². The van der Waals surface area contributed by atoms with E-state index in [0.29, 0.717) is 5.76 Å². The smallest absolute Gasteiger partial charge is 0.330 e. The second-order valence-corrected chi connectivity index (χ2v) is 2.61. The minimum Gasteiger partial charge on any atom is -0.480 e. The first-order valence-electron chi connectivity index (χ1n) is 3.89. The van der Waals surface area contributed by atoms with Gasteiger partial charge in [-0.1, -0.05) is 0 Å². The number of hydrogen-bond donors (Lipinski definition) is 3. The van der Waals surface area contributed by atoms with Gasteiger partial charge < -0.3 is 20.6 Å². The van der Waals surface area contributed by atoms with Gasteiger partial charge in [0.15, 0.2) is 6.04 Å². The third-order valence-electron chi connectivity index (χ3n) is 1.57. The fraction of sp³-hybridized carbons (Fsp3) is 0.250. The van der Waals surface area contributed by atoms with E-state index in [-0.39, 0.29) is 6.54 Å². The van der Waals surface area contributed by atoms with Gasteiger partial charge in [-0.15, -0.1) is 0 Å². The molecule has 0 aliphatic rings. The van der Waals surface area contributed by atoms with Crippen LogP contribution in [0, 0.1) is 0 Å². The van der Waals surface area contributed by atoms with E-state index in [1.165, 1.54) is 6.26 Å². The number of nitrogens with one attached hydrogen (secondary N) is 1. The lowest BCUT2D eigenvalue weighted by Gasteiger charge is -2.06. The van der Waals surface area contributed by atoms with E-state index < -0.39 is 17.9 Å². The Labute approximate surface area is 79.7 Å². The van der Waals surface area contributed by atoms with Gasteiger partial charge in [0.25, 0.3) is 0 Å². The minimum atomic E-state index is -1.54. The highest BCUT2D eigenvalue weighted by molar-refractivity contribution is 6.00. The van der Waals surface area contributed by atoms with Crippen LogP contribution in [0.3, 0.4) is 0 Å². The zero-order valence-corrected chi connectivity index (χ0v) is 7.27. The first kappa shape index (κ1) is 10.3. The van der Waals surface area contributed by atoms with Crippen molar-refractivity contribution in [2.24, 2.45) is 5.73 Å². The summed E-state index contributed by atoms with van der Waals surface area (Å²) < 4.78 is 4.92. The fourth-order valence-corrected chi connectivity index (χ4v) is 0.809. The molecule has 4 N–H and O–H groups in total. The Morgan fingerprint density at radius 1 is 1.64 bits per heavy atom. The number of amides is 1. The molecule has 1 heterocycles. The van der Waals surface area contributed by atoms with Crippen molar-refractivity contribution in [1.29, 1.82) is 0 Å². The summed E-state index contributed by atoms with van der Waals surface area (Å²) in [5, 5.41) is 10.7. The standard InChI is InChI=1S/C8H10N2O4/c9-6(8(12)13)7(11)10-4-5-2-1-3-14-5/h1-3,6H,4,9H2,(H,10,11)(H,12,13). The Hall–Kier alpha value is -1.82. The molecule has 14 heavy (non-hydrogen) atoms. The molecule has 6 heteroatoms. The first-order valence-corrected chi connectivity index (χ1v) is 3.89. The van der Waals surface area contributed by atoms with Crippen LogP contribution in [-0.4, -0.2) is 23.0 Å². The molecule has 6 nitrogen and oxygen atoms in total. The highest BCUT2D eigenvalue weighted by Gasteiger charge is 2.20. The monoisotopic (exact) mass is 198 g/mol.